The number of rotatable bonds is 4. The molecule has 1 saturated carbocycles. The van der Waals surface area contributed by atoms with Crippen molar-refractivity contribution in [3.05, 3.63) is 0 Å². The van der Waals surface area contributed by atoms with Crippen LogP contribution in [-0.4, -0.2) is 41.4 Å². The van der Waals surface area contributed by atoms with Crippen LogP contribution in [0.2, 0.25) is 0 Å². The zero-order valence-electron chi connectivity index (χ0n) is 17.2. The first-order valence-electron chi connectivity index (χ1n) is 9.14. The van der Waals surface area contributed by atoms with Gasteiger partial charge in [-0.15, -0.1) is 0 Å². The van der Waals surface area contributed by atoms with Crippen LogP contribution in [0.1, 0.15) is 81.6 Å². The van der Waals surface area contributed by atoms with E-state index in [9.17, 15) is 14.7 Å². The summed E-state index contributed by atoms with van der Waals surface area (Å²) in [5, 5.41) is 14.4. The first-order chi connectivity index (χ1) is 11.2. The number of carbonyl (C=O) groups is 2. The highest BCUT2D eigenvalue weighted by Crippen LogP contribution is 2.18. The highest BCUT2D eigenvalue weighted by Gasteiger charge is 2.27. The Bertz CT molecular complexity index is 311. The molecular formula is C18H40N2O4. The number of hydrogen-bond donors (Lipinski definition) is 3. The lowest BCUT2D eigenvalue weighted by atomic mass is 10.2. The van der Waals surface area contributed by atoms with Gasteiger partial charge in [-0.2, -0.15) is 0 Å². The van der Waals surface area contributed by atoms with Gasteiger partial charge in [-0.3, -0.25) is 4.79 Å². The Labute approximate surface area is 148 Å². The normalized spacial score (nSPS) is 13.4. The van der Waals surface area contributed by atoms with Gasteiger partial charge >= 0.3 is 6.09 Å². The summed E-state index contributed by atoms with van der Waals surface area (Å²) < 4.78 is 4.97. The molecule has 3 N–H and O–H groups in total. The highest BCUT2D eigenvalue weighted by atomic mass is 16.6. The maximum Gasteiger partial charge on any atom is 0.407 e. The summed E-state index contributed by atoms with van der Waals surface area (Å²) in [6, 6.07) is 0.193. The molecule has 1 fully saturated rings. The standard InChI is InChI=1S/C11H20N2O4.C3H8.2C2H6/c1-11(2,3)17-10(16)12-6-8(14)9(15)13-7-4-5-7;1-3-2;2*1-2/h7-8,14H,4-6H2,1-3H3,(H,12,16)(H,13,15);3H2,1-2H3;2*1-2H3. The van der Waals surface area contributed by atoms with E-state index in [0.717, 1.165) is 12.8 Å². The molecule has 1 rings (SSSR count). The molecule has 0 aliphatic heterocycles. The second kappa shape index (κ2) is 16.6. The summed E-state index contributed by atoms with van der Waals surface area (Å²) in [7, 11) is 0. The first kappa shape index (κ1) is 27.5. The fourth-order valence-corrected chi connectivity index (χ4v) is 1.11. The third kappa shape index (κ3) is 20.7. The molecule has 6 nitrogen and oxygen atoms in total. The lowest BCUT2D eigenvalue weighted by Crippen LogP contribution is -2.44. The van der Waals surface area contributed by atoms with E-state index >= 15 is 0 Å². The van der Waals surface area contributed by atoms with Gasteiger partial charge in [0.15, 0.2) is 0 Å². The average molecular weight is 349 g/mol. The molecule has 1 aliphatic carbocycles. The van der Waals surface area contributed by atoms with E-state index in [2.05, 4.69) is 24.5 Å². The van der Waals surface area contributed by atoms with Gasteiger partial charge in [0, 0.05) is 6.04 Å². The maximum atomic E-state index is 11.3. The van der Waals surface area contributed by atoms with Crippen molar-refractivity contribution in [3.63, 3.8) is 0 Å². The molecule has 1 atom stereocenters. The fraction of sp³-hybridized carbons (Fsp3) is 0.889. The number of aliphatic hydroxyl groups excluding tert-OH is 1. The minimum atomic E-state index is -1.23. The van der Waals surface area contributed by atoms with Gasteiger partial charge in [0.1, 0.15) is 11.7 Å². The summed E-state index contributed by atoms with van der Waals surface area (Å²) in [5.41, 5.74) is -0.592. The van der Waals surface area contributed by atoms with E-state index in [1.165, 1.54) is 6.42 Å². The highest BCUT2D eigenvalue weighted by molar-refractivity contribution is 5.82. The molecular weight excluding hydrogens is 308 g/mol. The van der Waals surface area contributed by atoms with Crippen LogP contribution in [0.4, 0.5) is 4.79 Å². The van der Waals surface area contributed by atoms with Crippen LogP contribution in [0, 0.1) is 0 Å². The van der Waals surface area contributed by atoms with E-state index in [1.807, 2.05) is 27.7 Å². The SMILES string of the molecule is CC.CC.CC(C)(C)OC(=O)NCC(O)C(=O)NC1CC1.CCC. The topological polar surface area (TPSA) is 87.7 Å². The third-order valence-electron chi connectivity index (χ3n) is 2.07. The third-order valence-corrected chi connectivity index (χ3v) is 2.07. The largest absolute Gasteiger partial charge is 0.444 e. The molecule has 146 valence electrons. The number of aliphatic hydroxyl groups is 1. The van der Waals surface area contributed by atoms with E-state index in [4.69, 9.17) is 4.74 Å². The molecule has 0 bridgehead atoms. The van der Waals surface area contributed by atoms with Crippen LogP contribution in [0.5, 0.6) is 0 Å². The Morgan fingerprint density at radius 2 is 1.54 bits per heavy atom. The zero-order valence-corrected chi connectivity index (χ0v) is 17.2. The summed E-state index contributed by atoms with van der Waals surface area (Å²) in [6.45, 7) is 17.3. The van der Waals surface area contributed by atoms with Crippen LogP contribution in [-0.2, 0) is 9.53 Å². The predicted molar refractivity (Wildman–Crippen MR) is 100 cm³/mol. The van der Waals surface area contributed by atoms with E-state index in [1.54, 1.807) is 20.8 Å². The van der Waals surface area contributed by atoms with Crippen molar-refractivity contribution in [2.45, 2.75) is 99.3 Å². The van der Waals surface area contributed by atoms with Crippen LogP contribution < -0.4 is 10.6 Å². The molecule has 0 heterocycles. The first-order valence-corrected chi connectivity index (χ1v) is 9.14. The number of amides is 2. The molecule has 6 heteroatoms. The molecule has 0 spiro atoms. The maximum absolute atomic E-state index is 11.3. The van der Waals surface area contributed by atoms with Gasteiger partial charge in [0.05, 0.1) is 6.54 Å². The molecule has 1 aliphatic rings. The second-order valence-electron chi connectivity index (χ2n) is 5.89. The lowest BCUT2D eigenvalue weighted by molar-refractivity contribution is -0.129. The molecule has 0 radical (unpaired) electrons. The van der Waals surface area contributed by atoms with Crippen molar-refractivity contribution in [3.8, 4) is 0 Å². The Balaban J connectivity index is -0.000000549. The molecule has 0 aromatic carbocycles. The Hall–Kier alpha value is -1.30. The minimum absolute atomic E-state index is 0.145. The number of hydrogen-bond acceptors (Lipinski definition) is 4. The minimum Gasteiger partial charge on any atom is -0.444 e. The van der Waals surface area contributed by atoms with Crippen molar-refractivity contribution >= 4 is 12.0 Å². The van der Waals surface area contributed by atoms with Crippen LogP contribution in [0.3, 0.4) is 0 Å². The van der Waals surface area contributed by atoms with Crippen molar-refractivity contribution in [2.75, 3.05) is 6.54 Å². The predicted octanol–water partition coefficient (Wildman–Crippen LogP) is 3.62. The van der Waals surface area contributed by atoms with E-state index in [0.29, 0.717) is 0 Å². The average Bonchev–Trinajstić information content (AvgIpc) is 3.32. The lowest BCUT2D eigenvalue weighted by Gasteiger charge is -2.20. The van der Waals surface area contributed by atoms with E-state index in [-0.39, 0.29) is 12.6 Å². The van der Waals surface area contributed by atoms with Crippen molar-refractivity contribution < 1.29 is 19.4 Å². The van der Waals surface area contributed by atoms with Gasteiger partial charge in [-0.1, -0.05) is 48.0 Å². The molecule has 2 amide bonds. The number of carbonyl (C=O) groups excluding carboxylic acids is 2. The second-order valence-corrected chi connectivity index (χ2v) is 5.89. The van der Waals surface area contributed by atoms with Crippen LogP contribution in [0.15, 0.2) is 0 Å². The Kier molecular flexibility index (Phi) is 19.0. The van der Waals surface area contributed by atoms with Crippen molar-refractivity contribution in [1.29, 1.82) is 0 Å². The van der Waals surface area contributed by atoms with Crippen molar-refractivity contribution in [1.82, 2.24) is 10.6 Å². The van der Waals surface area contributed by atoms with Gasteiger partial charge in [-0.25, -0.2) is 4.79 Å². The molecule has 1 unspecified atom stereocenters. The summed E-state index contributed by atoms with van der Waals surface area (Å²) in [5.74, 6) is -0.455. The molecule has 0 saturated heterocycles. The van der Waals surface area contributed by atoms with Crippen LogP contribution in [0.25, 0.3) is 0 Å². The van der Waals surface area contributed by atoms with Gasteiger partial charge < -0.3 is 20.5 Å². The number of ether oxygens (including phenoxy) is 1. The van der Waals surface area contributed by atoms with Crippen molar-refractivity contribution in [2.24, 2.45) is 0 Å². The van der Waals surface area contributed by atoms with E-state index < -0.39 is 23.7 Å². The number of nitrogens with one attached hydrogen (secondary N) is 2. The van der Waals surface area contributed by atoms with Gasteiger partial charge in [0.25, 0.3) is 5.91 Å². The van der Waals surface area contributed by atoms with Crippen LogP contribution >= 0.6 is 0 Å². The van der Waals surface area contributed by atoms with Gasteiger partial charge in [-0.05, 0) is 33.6 Å². The summed E-state index contributed by atoms with van der Waals surface area (Å²) in [4.78, 5) is 22.6. The summed E-state index contributed by atoms with van der Waals surface area (Å²) >= 11 is 0. The quantitative estimate of drug-likeness (QED) is 0.724. The van der Waals surface area contributed by atoms with Gasteiger partial charge in [0.2, 0.25) is 0 Å². The molecule has 0 aromatic heterocycles. The Morgan fingerprint density at radius 3 is 1.88 bits per heavy atom. The smallest absolute Gasteiger partial charge is 0.407 e. The molecule has 24 heavy (non-hydrogen) atoms. The summed E-state index contributed by atoms with van der Waals surface area (Å²) in [6.07, 6.45) is 1.29. The molecule has 0 aromatic rings. The fourth-order valence-electron chi connectivity index (χ4n) is 1.11. The zero-order chi connectivity index (χ0) is 19.8. The Morgan fingerprint density at radius 1 is 1.12 bits per heavy atom. The monoisotopic (exact) mass is 348 g/mol. The number of alkyl carbamates (subject to hydrolysis) is 1.